The quantitative estimate of drug-likeness (QED) is 0.355. The van der Waals surface area contributed by atoms with Crippen molar-refractivity contribution in [2.45, 2.75) is 6.92 Å². The van der Waals surface area contributed by atoms with Crippen LogP contribution in [0.15, 0.2) is 36.5 Å². The SMILES string of the molecule is CCOC(=O)c1ccc(N2CCN(C(=O)c3cc([N+](=O)[O-])ccc3N3CCOCC3)CC2)nc1. The lowest BCUT2D eigenvalue weighted by atomic mass is 10.1. The summed E-state index contributed by atoms with van der Waals surface area (Å²) in [6, 6.07) is 7.90. The molecule has 0 spiro atoms. The fourth-order valence-corrected chi connectivity index (χ4v) is 4.11. The van der Waals surface area contributed by atoms with Gasteiger partial charge in [0.1, 0.15) is 5.82 Å². The van der Waals surface area contributed by atoms with Gasteiger partial charge in [-0.1, -0.05) is 0 Å². The summed E-state index contributed by atoms with van der Waals surface area (Å²) in [5, 5.41) is 11.3. The van der Waals surface area contributed by atoms with Crippen LogP contribution < -0.4 is 9.80 Å². The van der Waals surface area contributed by atoms with Crippen molar-refractivity contribution in [1.82, 2.24) is 9.88 Å². The zero-order valence-electron chi connectivity index (χ0n) is 19.0. The van der Waals surface area contributed by atoms with Crippen molar-refractivity contribution in [2.75, 3.05) is 68.9 Å². The minimum Gasteiger partial charge on any atom is -0.462 e. The van der Waals surface area contributed by atoms with Crippen LogP contribution >= 0.6 is 0 Å². The van der Waals surface area contributed by atoms with E-state index >= 15 is 0 Å². The molecule has 0 radical (unpaired) electrons. The summed E-state index contributed by atoms with van der Waals surface area (Å²) < 4.78 is 10.4. The Bertz CT molecular complexity index is 1050. The number of aromatic nitrogens is 1. The highest BCUT2D eigenvalue weighted by Crippen LogP contribution is 2.28. The third-order valence-electron chi connectivity index (χ3n) is 5.92. The van der Waals surface area contributed by atoms with E-state index in [9.17, 15) is 19.7 Å². The fraction of sp³-hybridized carbons (Fsp3) is 0.435. The van der Waals surface area contributed by atoms with Crippen LogP contribution in [0.3, 0.4) is 0 Å². The molecule has 2 aliphatic heterocycles. The van der Waals surface area contributed by atoms with Crippen LogP contribution in [0, 0.1) is 10.1 Å². The molecule has 34 heavy (non-hydrogen) atoms. The van der Waals surface area contributed by atoms with E-state index in [2.05, 4.69) is 4.98 Å². The Balaban J connectivity index is 1.46. The fourth-order valence-electron chi connectivity index (χ4n) is 4.11. The van der Waals surface area contributed by atoms with Gasteiger partial charge in [-0.25, -0.2) is 9.78 Å². The van der Waals surface area contributed by atoms with E-state index in [0.717, 1.165) is 0 Å². The molecule has 2 saturated heterocycles. The number of hydrogen-bond donors (Lipinski definition) is 0. The van der Waals surface area contributed by atoms with Crippen molar-refractivity contribution < 1.29 is 24.0 Å². The Labute approximate surface area is 197 Å². The van der Waals surface area contributed by atoms with Crippen LogP contribution in [-0.2, 0) is 9.47 Å². The van der Waals surface area contributed by atoms with Crippen molar-refractivity contribution in [3.8, 4) is 0 Å². The largest absolute Gasteiger partial charge is 0.462 e. The number of carbonyl (C=O) groups is 2. The first kappa shape index (κ1) is 23.4. The van der Waals surface area contributed by atoms with E-state index in [-0.39, 0.29) is 11.6 Å². The Morgan fingerprint density at radius 1 is 1.06 bits per heavy atom. The zero-order chi connectivity index (χ0) is 24.1. The molecule has 11 nitrogen and oxygen atoms in total. The molecule has 0 unspecified atom stereocenters. The van der Waals surface area contributed by atoms with Gasteiger partial charge in [0.2, 0.25) is 0 Å². The molecule has 1 aromatic heterocycles. The van der Waals surface area contributed by atoms with Crippen LogP contribution in [0.5, 0.6) is 0 Å². The lowest BCUT2D eigenvalue weighted by Crippen LogP contribution is -2.49. The van der Waals surface area contributed by atoms with Gasteiger partial charge in [-0.3, -0.25) is 14.9 Å². The van der Waals surface area contributed by atoms with Gasteiger partial charge in [0.05, 0.1) is 41.6 Å². The predicted molar refractivity (Wildman–Crippen MR) is 124 cm³/mol. The predicted octanol–water partition coefficient (Wildman–Crippen LogP) is 1.97. The molecular weight excluding hydrogens is 442 g/mol. The molecule has 3 heterocycles. The second kappa shape index (κ2) is 10.5. The van der Waals surface area contributed by atoms with Crippen LogP contribution in [0.25, 0.3) is 0 Å². The van der Waals surface area contributed by atoms with Crippen molar-refractivity contribution in [1.29, 1.82) is 0 Å². The Morgan fingerprint density at radius 2 is 1.79 bits per heavy atom. The lowest BCUT2D eigenvalue weighted by Gasteiger charge is -2.36. The molecule has 2 aromatic rings. The van der Waals surface area contributed by atoms with E-state index < -0.39 is 10.9 Å². The highest BCUT2D eigenvalue weighted by molar-refractivity contribution is 6.00. The number of amides is 1. The summed E-state index contributed by atoms with van der Waals surface area (Å²) in [5.41, 5.74) is 1.31. The van der Waals surface area contributed by atoms with Crippen LogP contribution in [0.2, 0.25) is 0 Å². The summed E-state index contributed by atoms with van der Waals surface area (Å²) in [6.45, 7) is 6.40. The van der Waals surface area contributed by atoms with E-state index in [1.165, 1.54) is 18.3 Å². The number of pyridine rings is 1. The van der Waals surface area contributed by atoms with Crippen LogP contribution in [0.1, 0.15) is 27.6 Å². The van der Waals surface area contributed by atoms with Crippen LogP contribution in [0.4, 0.5) is 17.2 Å². The van der Waals surface area contributed by atoms with Gasteiger partial charge in [0.25, 0.3) is 11.6 Å². The van der Waals surface area contributed by atoms with E-state index in [0.29, 0.717) is 81.7 Å². The molecule has 2 aliphatic rings. The number of carbonyl (C=O) groups excluding carboxylic acids is 2. The number of anilines is 2. The maximum absolute atomic E-state index is 13.4. The molecule has 11 heteroatoms. The van der Waals surface area contributed by atoms with E-state index in [1.54, 1.807) is 30.0 Å². The number of morpholine rings is 1. The minimum atomic E-state index is -0.483. The molecule has 1 aromatic carbocycles. The molecule has 0 bridgehead atoms. The standard InChI is InChI=1S/C23H27N5O6/c1-2-34-23(30)17-3-6-21(24-16-17)26-7-9-27(10-8-26)22(29)19-15-18(28(31)32)4-5-20(19)25-11-13-33-14-12-25/h3-6,15-16H,2,7-14H2,1H3. The number of non-ortho nitro benzene ring substituents is 1. The minimum absolute atomic E-state index is 0.107. The van der Waals surface area contributed by atoms with Crippen LogP contribution in [-0.4, -0.2) is 85.8 Å². The Kier molecular flexibility index (Phi) is 7.21. The molecule has 4 rings (SSSR count). The van der Waals surface area contributed by atoms with Gasteiger partial charge in [-0.15, -0.1) is 0 Å². The topological polar surface area (TPSA) is 118 Å². The van der Waals surface area contributed by atoms with Crippen molar-refractivity contribution in [3.05, 3.63) is 57.8 Å². The number of ether oxygens (including phenoxy) is 2. The van der Waals surface area contributed by atoms with Gasteiger partial charge >= 0.3 is 5.97 Å². The normalized spacial score (nSPS) is 16.3. The highest BCUT2D eigenvalue weighted by atomic mass is 16.6. The third-order valence-corrected chi connectivity index (χ3v) is 5.92. The first-order valence-electron chi connectivity index (χ1n) is 11.3. The van der Waals surface area contributed by atoms with Gasteiger partial charge in [-0.2, -0.15) is 0 Å². The summed E-state index contributed by atoms with van der Waals surface area (Å²) in [4.78, 5) is 46.3. The number of esters is 1. The molecule has 180 valence electrons. The number of piperazine rings is 1. The zero-order valence-corrected chi connectivity index (χ0v) is 19.0. The molecule has 0 saturated carbocycles. The summed E-state index contributed by atoms with van der Waals surface area (Å²) in [7, 11) is 0. The highest BCUT2D eigenvalue weighted by Gasteiger charge is 2.28. The van der Waals surface area contributed by atoms with Crippen molar-refractivity contribution in [3.63, 3.8) is 0 Å². The maximum Gasteiger partial charge on any atom is 0.339 e. The number of benzene rings is 1. The van der Waals surface area contributed by atoms with E-state index in [1.807, 2.05) is 9.80 Å². The number of rotatable bonds is 6. The lowest BCUT2D eigenvalue weighted by molar-refractivity contribution is -0.384. The summed E-state index contributed by atoms with van der Waals surface area (Å²) in [5.74, 6) is 0.0740. The maximum atomic E-state index is 13.4. The molecular formula is C23H27N5O6. The average molecular weight is 469 g/mol. The smallest absolute Gasteiger partial charge is 0.339 e. The van der Waals surface area contributed by atoms with Gasteiger partial charge in [-0.05, 0) is 25.1 Å². The summed E-state index contributed by atoms with van der Waals surface area (Å²) in [6.07, 6.45) is 1.49. The Morgan fingerprint density at radius 3 is 2.41 bits per heavy atom. The second-order valence-corrected chi connectivity index (χ2v) is 7.96. The second-order valence-electron chi connectivity index (χ2n) is 7.96. The average Bonchev–Trinajstić information content (AvgIpc) is 2.88. The van der Waals surface area contributed by atoms with Gasteiger partial charge in [0, 0.05) is 57.6 Å². The third kappa shape index (κ3) is 5.09. The van der Waals surface area contributed by atoms with Crippen molar-refractivity contribution in [2.24, 2.45) is 0 Å². The van der Waals surface area contributed by atoms with Gasteiger partial charge in [0.15, 0.2) is 0 Å². The number of nitro groups is 1. The number of hydrogen-bond acceptors (Lipinski definition) is 9. The first-order valence-corrected chi connectivity index (χ1v) is 11.3. The molecule has 0 atom stereocenters. The molecule has 0 N–H and O–H groups in total. The van der Waals surface area contributed by atoms with Crippen molar-refractivity contribution >= 4 is 29.1 Å². The molecule has 0 aliphatic carbocycles. The first-order chi connectivity index (χ1) is 16.5. The molecule has 1 amide bonds. The molecule has 2 fully saturated rings. The number of nitrogens with zero attached hydrogens (tertiary/aromatic N) is 5. The monoisotopic (exact) mass is 469 g/mol. The van der Waals surface area contributed by atoms with Gasteiger partial charge < -0.3 is 24.2 Å². The Hall–Kier alpha value is -3.73. The number of nitro benzene ring substituents is 1. The summed E-state index contributed by atoms with van der Waals surface area (Å²) >= 11 is 0. The van der Waals surface area contributed by atoms with E-state index in [4.69, 9.17) is 9.47 Å².